The van der Waals surface area contributed by atoms with Gasteiger partial charge < -0.3 is 15.0 Å². The second kappa shape index (κ2) is 11.1. The molecule has 3 aromatic carbocycles. The third-order valence-corrected chi connectivity index (χ3v) is 7.84. The number of hydrogen-bond acceptors (Lipinski definition) is 5. The summed E-state index contributed by atoms with van der Waals surface area (Å²) in [5, 5.41) is 14.0. The van der Waals surface area contributed by atoms with Crippen LogP contribution in [0.2, 0.25) is 5.02 Å². The van der Waals surface area contributed by atoms with E-state index < -0.39 is 35.2 Å². The lowest BCUT2D eigenvalue weighted by Gasteiger charge is -2.17. The van der Waals surface area contributed by atoms with E-state index in [1.54, 1.807) is 22.8 Å². The van der Waals surface area contributed by atoms with E-state index in [4.69, 9.17) is 14.3 Å². The molecule has 0 saturated carbocycles. The molecule has 0 saturated heterocycles. The number of nitrogens with zero attached hydrogens (tertiary/aromatic N) is 1. The van der Waals surface area contributed by atoms with Gasteiger partial charge in [0.05, 0.1) is 24.7 Å². The fourth-order valence-electron chi connectivity index (χ4n) is 4.30. The number of aliphatic hydroxyl groups is 1. The Morgan fingerprint density at radius 2 is 1.86 bits per heavy atom. The van der Waals surface area contributed by atoms with E-state index >= 15 is 0 Å². The van der Waals surface area contributed by atoms with Crippen LogP contribution in [0.1, 0.15) is 48.4 Å². The summed E-state index contributed by atoms with van der Waals surface area (Å²) in [4.78, 5) is 13.1. The molecule has 1 heterocycles. The van der Waals surface area contributed by atoms with Crippen LogP contribution in [0.4, 0.5) is 0 Å². The molecular weight excluding hydrogens is 512 g/mol. The smallest absolute Gasteiger partial charge is 0.296 e. The molecule has 0 radical (unpaired) electrons. The Morgan fingerprint density at radius 1 is 1.14 bits per heavy atom. The number of aromatic nitrogens is 1. The van der Waals surface area contributed by atoms with Crippen molar-refractivity contribution < 1.29 is 25.2 Å². The topological polar surface area (TPSA) is 97.6 Å². The highest BCUT2D eigenvalue weighted by Crippen LogP contribution is 2.26. The number of hydrogen-bond donors (Lipinski definition) is 2. The van der Waals surface area contributed by atoms with Crippen LogP contribution in [-0.4, -0.2) is 37.7 Å². The van der Waals surface area contributed by atoms with Crippen LogP contribution in [0.25, 0.3) is 10.9 Å². The first kappa shape index (κ1) is 24.2. The largest absolute Gasteiger partial charge is 0.394 e. The molecule has 4 aromatic rings. The summed E-state index contributed by atoms with van der Waals surface area (Å²) in [5.41, 5.74) is 4.27. The molecule has 194 valence electrons. The number of rotatable bonds is 9. The fraction of sp³-hybridized carbons (Fsp3) is 0.250. The number of aliphatic hydroxyl groups excluding tert-OH is 1. The van der Waals surface area contributed by atoms with E-state index in [1.807, 2.05) is 31.2 Å². The van der Waals surface area contributed by atoms with Crippen molar-refractivity contribution in [2.75, 3.05) is 13.7 Å². The van der Waals surface area contributed by atoms with Crippen molar-refractivity contribution >= 4 is 38.5 Å². The molecule has 0 spiro atoms. The minimum absolute atomic E-state index is 0.0351. The molecule has 0 aliphatic rings. The van der Waals surface area contributed by atoms with E-state index in [2.05, 4.69) is 9.50 Å². The van der Waals surface area contributed by atoms with E-state index in [0.29, 0.717) is 33.5 Å². The first-order valence-corrected chi connectivity index (χ1v) is 13.3. The van der Waals surface area contributed by atoms with Crippen LogP contribution < -0.4 is 5.32 Å². The van der Waals surface area contributed by atoms with Crippen molar-refractivity contribution in [2.45, 2.75) is 37.7 Å². The summed E-state index contributed by atoms with van der Waals surface area (Å²) in [6, 6.07) is 17.4. The first-order chi connectivity index (χ1) is 18.3. The third-order valence-electron chi connectivity index (χ3n) is 6.32. The number of carbonyl (C=O) groups is 1. The summed E-state index contributed by atoms with van der Waals surface area (Å²) < 4.78 is 46.8. The average Bonchev–Trinajstić information content (AvgIpc) is 3.26. The molecule has 2 N–H and O–H groups in total. The zero-order valence-electron chi connectivity index (χ0n) is 22.7. The van der Waals surface area contributed by atoms with Gasteiger partial charge in [-0.2, -0.15) is 8.42 Å². The minimum Gasteiger partial charge on any atom is -0.394 e. The number of nitrogens with one attached hydrogen (secondary N) is 1. The van der Waals surface area contributed by atoms with Gasteiger partial charge in [-0.15, -0.1) is 0 Å². The maximum absolute atomic E-state index is 13.1. The molecule has 37 heavy (non-hydrogen) atoms. The van der Waals surface area contributed by atoms with Gasteiger partial charge >= 0.3 is 0 Å². The van der Waals surface area contributed by atoms with E-state index in [1.165, 1.54) is 31.2 Å². The number of halogens is 1. The Labute approximate surface area is 224 Å². The van der Waals surface area contributed by atoms with Gasteiger partial charge in [-0.05, 0) is 79.1 Å². The molecular formula is C28H29ClN2O5S. The lowest BCUT2D eigenvalue weighted by molar-refractivity contribution is 0.0916. The van der Waals surface area contributed by atoms with Gasteiger partial charge in [-0.1, -0.05) is 29.8 Å². The van der Waals surface area contributed by atoms with Crippen molar-refractivity contribution in [3.8, 4) is 0 Å². The summed E-state index contributed by atoms with van der Waals surface area (Å²) in [7, 11) is -2.78. The monoisotopic (exact) mass is 542 g/mol. The van der Waals surface area contributed by atoms with Gasteiger partial charge in [0, 0.05) is 42.8 Å². The maximum Gasteiger partial charge on any atom is 0.296 e. The predicted octanol–water partition coefficient (Wildman–Crippen LogP) is 5.01. The number of fused-ring (bicyclic) bond motifs is 1. The minimum atomic E-state index is -3.86. The number of amides is 1. The summed E-state index contributed by atoms with van der Waals surface area (Å²) in [6.45, 7) is 1.35. The Bertz CT molecular complexity index is 1630. The lowest BCUT2D eigenvalue weighted by Crippen LogP contribution is -2.30. The van der Waals surface area contributed by atoms with Crippen LogP contribution in [0.5, 0.6) is 0 Å². The second-order valence-electron chi connectivity index (χ2n) is 8.61. The van der Waals surface area contributed by atoms with Crippen molar-refractivity contribution in [3.05, 3.63) is 99.7 Å². The standard InChI is InChI=1S/C28H29ClN2O5S/c1-4-31-24(15-20-5-9-23(29)13-18(20)2)16-22-14-21(8-12-27(22)31)28(33)30-26(17-32)19-6-10-25(11-7-19)37(34,35)36-3/h5-14,16,26,32H,4,15,17H2,1-3H3,(H,30,33)/t26-/m0/s1/i4D2. The van der Waals surface area contributed by atoms with Crippen molar-refractivity contribution in [1.82, 2.24) is 9.88 Å². The average molecular weight is 543 g/mol. The lowest BCUT2D eigenvalue weighted by atomic mass is 10.0. The number of aryl methyl sites for hydroxylation is 2. The van der Waals surface area contributed by atoms with E-state index in [0.717, 1.165) is 23.9 Å². The summed E-state index contributed by atoms with van der Waals surface area (Å²) >= 11 is 6.10. The molecule has 0 fully saturated rings. The normalized spacial score (nSPS) is 13.8. The van der Waals surface area contributed by atoms with Crippen LogP contribution in [0.3, 0.4) is 0 Å². The van der Waals surface area contributed by atoms with Crippen LogP contribution in [-0.2, 0) is 27.2 Å². The zero-order valence-corrected chi connectivity index (χ0v) is 22.2. The Hall–Kier alpha value is -3.17. The second-order valence-corrected chi connectivity index (χ2v) is 10.8. The highest BCUT2D eigenvalue weighted by atomic mass is 35.5. The highest BCUT2D eigenvalue weighted by molar-refractivity contribution is 7.86. The highest BCUT2D eigenvalue weighted by Gasteiger charge is 2.19. The molecule has 1 atom stereocenters. The van der Waals surface area contributed by atoms with Gasteiger partial charge in [0.25, 0.3) is 16.0 Å². The molecule has 0 unspecified atom stereocenters. The molecule has 9 heteroatoms. The molecule has 0 bridgehead atoms. The quantitative estimate of drug-likeness (QED) is 0.290. The Kier molecular flexibility index (Phi) is 7.23. The van der Waals surface area contributed by atoms with Crippen molar-refractivity contribution in [3.63, 3.8) is 0 Å². The van der Waals surface area contributed by atoms with Gasteiger partial charge in [0.15, 0.2) is 0 Å². The van der Waals surface area contributed by atoms with Gasteiger partial charge in [-0.25, -0.2) is 0 Å². The van der Waals surface area contributed by atoms with Crippen LogP contribution in [0.15, 0.2) is 71.6 Å². The molecule has 7 nitrogen and oxygen atoms in total. The number of benzene rings is 3. The molecule has 4 rings (SSSR count). The first-order valence-electron chi connectivity index (χ1n) is 12.6. The Balaban J connectivity index is 1.63. The van der Waals surface area contributed by atoms with Gasteiger partial charge in [-0.3, -0.25) is 8.98 Å². The molecule has 0 aliphatic heterocycles. The fourth-order valence-corrected chi connectivity index (χ4v) is 5.19. The van der Waals surface area contributed by atoms with Crippen LogP contribution in [0, 0.1) is 6.92 Å². The molecule has 0 aliphatic carbocycles. The summed E-state index contributed by atoms with van der Waals surface area (Å²) in [6.07, 6.45) is 0.480. The molecule has 1 aromatic heterocycles. The summed E-state index contributed by atoms with van der Waals surface area (Å²) in [5.74, 6) is -0.438. The van der Waals surface area contributed by atoms with E-state index in [-0.39, 0.29) is 4.90 Å². The number of carbonyl (C=O) groups excluding carboxylic acids is 1. The zero-order chi connectivity index (χ0) is 28.5. The van der Waals surface area contributed by atoms with Crippen molar-refractivity contribution in [1.29, 1.82) is 0 Å². The SMILES string of the molecule is [2H]C([2H])(C)n1c(Cc2ccc(Cl)cc2C)cc2cc(C(=O)N[C@@H](CO)c3ccc(S(=O)(=O)OC)cc3)ccc21. The Morgan fingerprint density at radius 3 is 2.49 bits per heavy atom. The predicted molar refractivity (Wildman–Crippen MR) is 145 cm³/mol. The van der Waals surface area contributed by atoms with Crippen LogP contribution >= 0.6 is 11.6 Å². The van der Waals surface area contributed by atoms with E-state index in [9.17, 15) is 18.3 Å². The van der Waals surface area contributed by atoms with Gasteiger partial charge in [0.1, 0.15) is 0 Å². The third kappa shape index (κ3) is 5.72. The molecule has 1 amide bonds. The van der Waals surface area contributed by atoms with Crippen molar-refractivity contribution in [2.24, 2.45) is 0 Å². The van der Waals surface area contributed by atoms with Gasteiger partial charge in [0.2, 0.25) is 0 Å². The maximum atomic E-state index is 13.1.